The number of rotatable bonds is 5. The summed E-state index contributed by atoms with van der Waals surface area (Å²) in [6.07, 6.45) is 11.9. The fourth-order valence-corrected chi connectivity index (χ4v) is 2.30. The van der Waals surface area contributed by atoms with Crippen molar-refractivity contribution in [3.05, 3.63) is 12.4 Å². The minimum absolute atomic E-state index is 0.691. The highest BCUT2D eigenvalue weighted by Crippen LogP contribution is 2.31. The van der Waals surface area contributed by atoms with Crippen LogP contribution in [0.25, 0.3) is 0 Å². The molecule has 0 aliphatic heterocycles. The molecule has 0 unspecified atom stereocenters. The number of anilines is 1. The standard InChI is InChI=1S/C12H21N3/c1-2-3-8-13-12-14-9-10-15(12)11-6-4-5-7-11/h9-11H,2-8H2,1H3,(H,13,14). The molecule has 1 aromatic rings. The Kier molecular flexibility index (Phi) is 3.64. The van der Waals surface area contributed by atoms with Crippen molar-refractivity contribution in [1.29, 1.82) is 0 Å². The third-order valence-corrected chi connectivity index (χ3v) is 3.20. The van der Waals surface area contributed by atoms with E-state index in [9.17, 15) is 0 Å². The van der Waals surface area contributed by atoms with Crippen LogP contribution in [-0.4, -0.2) is 16.1 Å². The fourth-order valence-electron chi connectivity index (χ4n) is 2.30. The first-order valence-electron chi connectivity index (χ1n) is 6.18. The predicted octanol–water partition coefficient (Wildman–Crippen LogP) is 3.21. The zero-order valence-electron chi connectivity index (χ0n) is 9.58. The maximum Gasteiger partial charge on any atom is 0.203 e. The normalized spacial score (nSPS) is 17.1. The van der Waals surface area contributed by atoms with Crippen molar-refractivity contribution >= 4 is 5.95 Å². The van der Waals surface area contributed by atoms with E-state index in [1.54, 1.807) is 0 Å². The molecule has 3 heteroatoms. The Morgan fingerprint density at radius 3 is 3.00 bits per heavy atom. The van der Waals surface area contributed by atoms with E-state index in [0.717, 1.165) is 12.5 Å². The fraction of sp³-hybridized carbons (Fsp3) is 0.750. The molecule has 1 aliphatic rings. The van der Waals surface area contributed by atoms with Gasteiger partial charge in [0, 0.05) is 25.0 Å². The van der Waals surface area contributed by atoms with Gasteiger partial charge in [-0.3, -0.25) is 0 Å². The highest BCUT2D eigenvalue weighted by Gasteiger charge is 2.18. The Labute approximate surface area is 91.9 Å². The lowest BCUT2D eigenvalue weighted by Crippen LogP contribution is -2.11. The lowest BCUT2D eigenvalue weighted by atomic mass is 10.2. The minimum Gasteiger partial charge on any atom is -0.356 e. The zero-order valence-corrected chi connectivity index (χ0v) is 9.58. The van der Waals surface area contributed by atoms with Gasteiger partial charge in [0.25, 0.3) is 0 Å². The van der Waals surface area contributed by atoms with Gasteiger partial charge in [-0.25, -0.2) is 4.98 Å². The molecule has 1 heterocycles. The average molecular weight is 207 g/mol. The van der Waals surface area contributed by atoms with E-state index in [-0.39, 0.29) is 0 Å². The lowest BCUT2D eigenvalue weighted by molar-refractivity contribution is 0.522. The van der Waals surface area contributed by atoms with Crippen molar-refractivity contribution in [3.8, 4) is 0 Å². The van der Waals surface area contributed by atoms with Gasteiger partial charge in [-0.1, -0.05) is 26.2 Å². The highest BCUT2D eigenvalue weighted by molar-refractivity contribution is 5.26. The van der Waals surface area contributed by atoms with Gasteiger partial charge in [0.15, 0.2) is 0 Å². The van der Waals surface area contributed by atoms with E-state index >= 15 is 0 Å². The molecule has 1 aromatic heterocycles. The van der Waals surface area contributed by atoms with Crippen LogP contribution in [0, 0.1) is 0 Å². The Morgan fingerprint density at radius 1 is 1.47 bits per heavy atom. The van der Waals surface area contributed by atoms with Gasteiger partial charge in [-0.15, -0.1) is 0 Å². The van der Waals surface area contributed by atoms with E-state index in [1.165, 1.54) is 38.5 Å². The van der Waals surface area contributed by atoms with E-state index in [4.69, 9.17) is 0 Å². The summed E-state index contributed by atoms with van der Waals surface area (Å²) in [5.41, 5.74) is 0. The highest BCUT2D eigenvalue weighted by atomic mass is 15.2. The van der Waals surface area contributed by atoms with Crippen molar-refractivity contribution in [2.45, 2.75) is 51.5 Å². The van der Waals surface area contributed by atoms with Crippen LogP contribution in [0.3, 0.4) is 0 Å². The smallest absolute Gasteiger partial charge is 0.203 e. The average Bonchev–Trinajstić information content (AvgIpc) is 2.87. The number of hydrogen-bond donors (Lipinski definition) is 1. The van der Waals surface area contributed by atoms with E-state index < -0.39 is 0 Å². The first kappa shape index (κ1) is 10.5. The van der Waals surface area contributed by atoms with E-state index in [0.29, 0.717) is 6.04 Å². The summed E-state index contributed by atoms with van der Waals surface area (Å²) in [6, 6.07) is 0.691. The number of nitrogens with zero attached hydrogens (tertiary/aromatic N) is 2. The first-order valence-corrected chi connectivity index (χ1v) is 6.18. The summed E-state index contributed by atoms with van der Waals surface area (Å²) >= 11 is 0. The molecule has 0 saturated heterocycles. The van der Waals surface area contributed by atoms with Gasteiger partial charge in [-0.2, -0.15) is 0 Å². The molecule has 3 nitrogen and oxygen atoms in total. The monoisotopic (exact) mass is 207 g/mol. The van der Waals surface area contributed by atoms with Crippen molar-refractivity contribution in [2.75, 3.05) is 11.9 Å². The number of hydrogen-bond acceptors (Lipinski definition) is 2. The Balaban J connectivity index is 1.95. The van der Waals surface area contributed by atoms with Crippen molar-refractivity contribution < 1.29 is 0 Å². The molecule has 0 radical (unpaired) electrons. The second kappa shape index (κ2) is 5.19. The topological polar surface area (TPSA) is 29.9 Å². The lowest BCUT2D eigenvalue weighted by Gasteiger charge is -2.15. The molecule has 1 aliphatic carbocycles. The van der Waals surface area contributed by atoms with Crippen LogP contribution >= 0.6 is 0 Å². The van der Waals surface area contributed by atoms with Crippen LogP contribution in [0.15, 0.2) is 12.4 Å². The molecule has 0 atom stereocenters. The largest absolute Gasteiger partial charge is 0.356 e. The molecule has 1 fully saturated rings. The van der Waals surface area contributed by atoms with Gasteiger partial charge in [0.05, 0.1) is 0 Å². The van der Waals surface area contributed by atoms with Crippen molar-refractivity contribution in [3.63, 3.8) is 0 Å². The van der Waals surface area contributed by atoms with E-state index in [1.807, 2.05) is 6.20 Å². The Morgan fingerprint density at radius 2 is 2.27 bits per heavy atom. The molecule has 0 amide bonds. The Hall–Kier alpha value is -0.990. The summed E-state index contributed by atoms with van der Waals surface area (Å²) in [5, 5.41) is 3.42. The number of unbranched alkanes of at least 4 members (excludes halogenated alkanes) is 1. The Bertz CT molecular complexity index is 287. The van der Waals surface area contributed by atoms with Crippen LogP contribution in [0.4, 0.5) is 5.95 Å². The van der Waals surface area contributed by atoms with E-state index in [2.05, 4.69) is 28.0 Å². The summed E-state index contributed by atoms with van der Waals surface area (Å²) < 4.78 is 2.32. The summed E-state index contributed by atoms with van der Waals surface area (Å²) in [5.74, 6) is 1.07. The first-order chi connectivity index (χ1) is 7.42. The molecule has 2 rings (SSSR count). The summed E-state index contributed by atoms with van der Waals surface area (Å²) in [4.78, 5) is 4.38. The van der Waals surface area contributed by atoms with Gasteiger partial charge < -0.3 is 9.88 Å². The SMILES string of the molecule is CCCCNc1nccn1C1CCCC1. The van der Waals surface area contributed by atoms with Crippen molar-refractivity contribution in [1.82, 2.24) is 9.55 Å². The van der Waals surface area contributed by atoms with Gasteiger partial charge in [0.2, 0.25) is 5.95 Å². The van der Waals surface area contributed by atoms with Crippen LogP contribution < -0.4 is 5.32 Å². The molecule has 0 aromatic carbocycles. The zero-order chi connectivity index (χ0) is 10.5. The number of aromatic nitrogens is 2. The third kappa shape index (κ3) is 2.52. The maximum atomic E-state index is 4.38. The quantitative estimate of drug-likeness (QED) is 0.751. The molecule has 1 saturated carbocycles. The second-order valence-electron chi connectivity index (χ2n) is 4.38. The van der Waals surface area contributed by atoms with Crippen molar-refractivity contribution in [2.24, 2.45) is 0 Å². The molecule has 1 N–H and O–H groups in total. The van der Waals surface area contributed by atoms with Gasteiger partial charge in [-0.05, 0) is 19.3 Å². The number of imidazole rings is 1. The minimum atomic E-state index is 0.691. The summed E-state index contributed by atoms with van der Waals surface area (Å²) in [7, 11) is 0. The molecule has 15 heavy (non-hydrogen) atoms. The van der Waals surface area contributed by atoms with Crippen LogP contribution in [0.5, 0.6) is 0 Å². The van der Waals surface area contributed by atoms with Crippen LogP contribution in [-0.2, 0) is 0 Å². The van der Waals surface area contributed by atoms with Crippen LogP contribution in [0.1, 0.15) is 51.5 Å². The molecule has 0 bridgehead atoms. The third-order valence-electron chi connectivity index (χ3n) is 3.20. The maximum absolute atomic E-state index is 4.38. The summed E-state index contributed by atoms with van der Waals surface area (Å²) in [6.45, 7) is 3.26. The molecule has 0 spiro atoms. The second-order valence-corrected chi connectivity index (χ2v) is 4.38. The predicted molar refractivity (Wildman–Crippen MR) is 63.1 cm³/mol. The van der Waals surface area contributed by atoms with Crippen LogP contribution in [0.2, 0.25) is 0 Å². The number of nitrogens with one attached hydrogen (secondary N) is 1. The molecular formula is C12H21N3. The molecule has 84 valence electrons. The van der Waals surface area contributed by atoms with Gasteiger partial charge >= 0.3 is 0 Å². The van der Waals surface area contributed by atoms with Gasteiger partial charge in [0.1, 0.15) is 0 Å². The molecular weight excluding hydrogens is 186 g/mol.